The average Bonchev–Trinajstić information content (AvgIpc) is 3.10. The number of aromatic nitrogens is 2. The van der Waals surface area contributed by atoms with Crippen molar-refractivity contribution in [3.63, 3.8) is 0 Å². The van der Waals surface area contributed by atoms with Crippen LogP contribution in [-0.2, 0) is 13.6 Å². The van der Waals surface area contributed by atoms with E-state index in [1.807, 2.05) is 73.1 Å². The van der Waals surface area contributed by atoms with Crippen molar-refractivity contribution in [2.45, 2.75) is 25.9 Å². The number of carbonyl (C=O) groups excluding carboxylic acids is 1. The molecule has 5 nitrogen and oxygen atoms in total. The molecule has 0 aliphatic rings. The molecule has 3 aromatic rings. The molecule has 0 aliphatic heterocycles. The van der Waals surface area contributed by atoms with E-state index in [2.05, 4.69) is 4.98 Å². The van der Waals surface area contributed by atoms with E-state index in [9.17, 15) is 9.90 Å². The summed E-state index contributed by atoms with van der Waals surface area (Å²) in [5.74, 6) is -0.0931. The summed E-state index contributed by atoms with van der Waals surface area (Å²) in [6.07, 6.45) is 4.14. The monoisotopic (exact) mass is 363 g/mol. The summed E-state index contributed by atoms with van der Waals surface area (Å²) < 4.78 is 1.91. The maximum atomic E-state index is 13.3. The molecule has 3 rings (SSSR count). The predicted octanol–water partition coefficient (Wildman–Crippen LogP) is 3.50. The summed E-state index contributed by atoms with van der Waals surface area (Å²) in [6.45, 7) is 2.32. The van der Waals surface area contributed by atoms with Crippen molar-refractivity contribution >= 4 is 5.91 Å². The molecule has 0 fully saturated rings. The maximum absolute atomic E-state index is 13.3. The summed E-state index contributed by atoms with van der Waals surface area (Å²) in [7, 11) is 1.90. The van der Waals surface area contributed by atoms with Gasteiger partial charge in [-0.15, -0.1) is 0 Å². The fourth-order valence-corrected chi connectivity index (χ4v) is 3.28. The summed E-state index contributed by atoms with van der Waals surface area (Å²) in [4.78, 5) is 19.2. The van der Waals surface area contributed by atoms with Gasteiger partial charge in [-0.3, -0.25) is 9.78 Å². The van der Waals surface area contributed by atoms with Crippen LogP contribution in [0.3, 0.4) is 0 Å². The highest BCUT2D eigenvalue weighted by molar-refractivity contribution is 5.94. The first-order chi connectivity index (χ1) is 13.2. The number of amides is 1. The minimum atomic E-state index is -0.243. The fourth-order valence-electron chi connectivity index (χ4n) is 3.28. The summed E-state index contributed by atoms with van der Waals surface area (Å²) in [5.41, 5.74) is 3.59. The summed E-state index contributed by atoms with van der Waals surface area (Å²) in [6, 6.07) is 17.4. The zero-order valence-corrected chi connectivity index (χ0v) is 15.7. The van der Waals surface area contributed by atoms with Gasteiger partial charge in [0.15, 0.2) is 0 Å². The van der Waals surface area contributed by atoms with Crippen molar-refractivity contribution < 1.29 is 9.90 Å². The van der Waals surface area contributed by atoms with Crippen LogP contribution in [0.2, 0.25) is 0 Å². The van der Waals surface area contributed by atoms with E-state index in [-0.39, 0.29) is 18.6 Å². The van der Waals surface area contributed by atoms with Crippen molar-refractivity contribution in [2.75, 3.05) is 6.61 Å². The predicted molar refractivity (Wildman–Crippen MR) is 106 cm³/mol. The molecule has 0 aliphatic carbocycles. The van der Waals surface area contributed by atoms with Crippen molar-refractivity contribution in [3.05, 3.63) is 78.2 Å². The van der Waals surface area contributed by atoms with Crippen LogP contribution in [0.4, 0.5) is 0 Å². The molecule has 1 atom stereocenters. The van der Waals surface area contributed by atoms with Crippen LogP contribution >= 0.6 is 0 Å². The van der Waals surface area contributed by atoms with Gasteiger partial charge >= 0.3 is 0 Å². The molecule has 0 bridgehead atoms. The Hall–Kier alpha value is -2.92. The first-order valence-electron chi connectivity index (χ1n) is 9.17. The number of benzene rings is 1. The van der Waals surface area contributed by atoms with Gasteiger partial charge in [0, 0.05) is 31.7 Å². The van der Waals surface area contributed by atoms with E-state index in [1.165, 1.54) is 0 Å². The van der Waals surface area contributed by atoms with E-state index in [0.29, 0.717) is 18.7 Å². The Morgan fingerprint density at radius 3 is 2.56 bits per heavy atom. The van der Waals surface area contributed by atoms with Gasteiger partial charge in [0.2, 0.25) is 0 Å². The lowest BCUT2D eigenvalue weighted by Crippen LogP contribution is -2.42. The SMILES string of the molecule is CC[C@H](CO)N(Cc1cccnc1)C(=O)c1ccc(-c2ccccc2)n1C. The van der Waals surface area contributed by atoms with Crippen LogP contribution in [-0.4, -0.2) is 38.1 Å². The standard InChI is InChI=1S/C22H25N3O2/c1-3-19(16-26)25(15-17-8-7-13-23-14-17)22(27)21-12-11-20(24(21)2)18-9-5-4-6-10-18/h4-14,19,26H,3,15-16H2,1-2H3/t19-/m1/s1. The molecule has 1 aromatic carbocycles. The number of carbonyl (C=O) groups is 1. The number of pyridine rings is 1. The number of rotatable bonds is 7. The normalized spacial score (nSPS) is 12.0. The second kappa shape index (κ2) is 8.64. The molecule has 0 unspecified atom stereocenters. The van der Waals surface area contributed by atoms with Gasteiger partial charge < -0.3 is 14.6 Å². The molecular weight excluding hydrogens is 338 g/mol. The van der Waals surface area contributed by atoms with Gasteiger partial charge in [0.05, 0.1) is 12.6 Å². The molecule has 1 N–H and O–H groups in total. The number of aliphatic hydroxyl groups is 1. The van der Waals surface area contributed by atoms with Crippen LogP contribution in [0.1, 0.15) is 29.4 Å². The molecule has 2 heterocycles. The fraction of sp³-hybridized carbons (Fsp3) is 0.273. The van der Waals surface area contributed by atoms with Crippen LogP contribution in [0.25, 0.3) is 11.3 Å². The third-order valence-corrected chi connectivity index (χ3v) is 4.87. The lowest BCUT2D eigenvalue weighted by atomic mass is 10.1. The van der Waals surface area contributed by atoms with Gasteiger partial charge in [0.1, 0.15) is 5.69 Å². The van der Waals surface area contributed by atoms with Gasteiger partial charge in [-0.05, 0) is 35.7 Å². The average molecular weight is 363 g/mol. The Labute approximate surface area is 159 Å². The van der Waals surface area contributed by atoms with Gasteiger partial charge in [-0.25, -0.2) is 0 Å². The van der Waals surface area contributed by atoms with Gasteiger partial charge in [-0.1, -0.05) is 43.3 Å². The minimum Gasteiger partial charge on any atom is -0.394 e. The van der Waals surface area contributed by atoms with Crippen LogP contribution in [0.5, 0.6) is 0 Å². The molecular formula is C22H25N3O2. The van der Waals surface area contributed by atoms with E-state index in [4.69, 9.17) is 0 Å². The van der Waals surface area contributed by atoms with E-state index >= 15 is 0 Å². The Kier molecular flexibility index (Phi) is 6.04. The Balaban J connectivity index is 1.93. The Morgan fingerprint density at radius 2 is 1.93 bits per heavy atom. The minimum absolute atomic E-state index is 0.0710. The molecule has 140 valence electrons. The zero-order valence-electron chi connectivity index (χ0n) is 15.7. The van der Waals surface area contributed by atoms with Crippen molar-refractivity contribution in [1.82, 2.24) is 14.5 Å². The Bertz CT molecular complexity index is 871. The smallest absolute Gasteiger partial charge is 0.271 e. The quantitative estimate of drug-likeness (QED) is 0.699. The third kappa shape index (κ3) is 4.09. The van der Waals surface area contributed by atoms with E-state index in [1.54, 1.807) is 17.3 Å². The number of hydrogen-bond donors (Lipinski definition) is 1. The van der Waals surface area contributed by atoms with Crippen LogP contribution < -0.4 is 0 Å². The highest BCUT2D eigenvalue weighted by Gasteiger charge is 2.26. The van der Waals surface area contributed by atoms with Gasteiger partial charge in [0.25, 0.3) is 5.91 Å². The molecule has 2 aromatic heterocycles. The molecule has 1 amide bonds. The lowest BCUT2D eigenvalue weighted by Gasteiger charge is -2.30. The number of aliphatic hydroxyl groups excluding tert-OH is 1. The first kappa shape index (κ1) is 18.9. The molecule has 5 heteroatoms. The molecule has 0 saturated carbocycles. The van der Waals surface area contributed by atoms with Gasteiger partial charge in [-0.2, -0.15) is 0 Å². The topological polar surface area (TPSA) is 58.4 Å². The van der Waals surface area contributed by atoms with Crippen molar-refractivity contribution in [3.8, 4) is 11.3 Å². The second-order valence-electron chi connectivity index (χ2n) is 6.57. The van der Waals surface area contributed by atoms with Crippen LogP contribution in [0.15, 0.2) is 67.0 Å². The molecule has 0 saturated heterocycles. The highest BCUT2D eigenvalue weighted by atomic mass is 16.3. The van der Waals surface area contributed by atoms with Crippen molar-refractivity contribution in [2.24, 2.45) is 7.05 Å². The van der Waals surface area contributed by atoms with E-state index in [0.717, 1.165) is 16.8 Å². The maximum Gasteiger partial charge on any atom is 0.271 e. The van der Waals surface area contributed by atoms with Crippen LogP contribution in [0, 0.1) is 0 Å². The first-order valence-corrected chi connectivity index (χ1v) is 9.17. The Morgan fingerprint density at radius 1 is 1.15 bits per heavy atom. The third-order valence-electron chi connectivity index (χ3n) is 4.87. The highest BCUT2D eigenvalue weighted by Crippen LogP contribution is 2.23. The van der Waals surface area contributed by atoms with Crippen molar-refractivity contribution in [1.29, 1.82) is 0 Å². The lowest BCUT2D eigenvalue weighted by molar-refractivity contribution is 0.0554. The molecule has 27 heavy (non-hydrogen) atoms. The number of nitrogens with zero attached hydrogens (tertiary/aromatic N) is 3. The van der Waals surface area contributed by atoms with E-state index < -0.39 is 0 Å². The summed E-state index contributed by atoms with van der Waals surface area (Å²) in [5, 5.41) is 9.81. The summed E-state index contributed by atoms with van der Waals surface area (Å²) >= 11 is 0. The second-order valence-corrected chi connectivity index (χ2v) is 6.57. The largest absolute Gasteiger partial charge is 0.394 e. The molecule has 0 radical (unpaired) electrons. The number of hydrogen-bond acceptors (Lipinski definition) is 3. The molecule has 0 spiro atoms. The zero-order chi connectivity index (χ0) is 19.2.